The van der Waals surface area contributed by atoms with Gasteiger partial charge in [-0.15, -0.1) is 0 Å². The third kappa shape index (κ3) is 4.32. The second-order valence-electron chi connectivity index (χ2n) is 12.9. The van der Waals surface area contributed by atoms with Crippen LogP contribution < -0.4 is 15.9 Å². The first-order valence-electron chi connectivity index (χ1n) is 16.7. The molecule has 1 atom stereocenters. The molecule has 50 heavy (non-hydrogen) atoms. The number of nitriles is 2. The Labute approximate surface area is 293 Å². The Bertz CT molecular complexity index is 2530. The molecule has 0 saturated heterocycles. The summed E-state index contributed by atoms with van der Waals surface area (Å²) in [7, 11) is -0.820. The van der Waals surface area contributed by atoms with E-state index in [-0.39, 0.29) is 0 Å². The first-order chi connectivity index (χ1) is 24.6. The molecule has 2 aliphatic carbocycles. The van der Waals surface area contributed by atoms with Crippen LogP contribution >= 0.6 is 7.92 Å². The number of hydrogen-bond acceptors (Lipinski definition) is 3. The lowest BCUT2D eigenvalue weighted by atomic mass is 9.70. The molecule has 1 unspecified atom stereocenters. The minimum Gasteiger partial charge on any atom is -0.355 e. The Morgan fingerprint density at radius 3 is 1.76 bits per heavy atom. The lowest BCUT2D eigenvalue weighted by Gasteiger charge is -2.31. The van der Waals surface area contributed by atoms with E-state index in [9.17, 15) is 10.5 Å². The summed E-state index contributed by atoms with van der Waals surface area (Å²) in [5.74, 6) is 0. The number of fused-ring (bicyclic) bond motifs is 10. The number of hydrogen-bond donors (Lipinski definition) is 1. The second kappa shape index (κ2) is 11.7. The van der Waals surface area contributed by atoms with E-state index in [1.165, 1.54) is 32.9 Å². The summed E-state index contributed by atoms with van der Waals surface area (Å²) in [6, 6.07) is 60.0. The topological polar surface area (TPSA) is 59.6 Å². The minimum atomic E-state index is -0.820. The second-order valence-corrected chi connectivity index (χ2v) is 14.9. The van der Waals surface area contributed by atoms with Gasteiger partial charge in [0.05, 0.1) is 28.7 Å². The van der Waals surface area contributed by atoms with Gasteiger partial charge in [0, 0.05) is 16.7 Å². The van der Waals surface area contributed by atoms with Crippen molar-refractivity contribution in [3.63, 3.8) is 0 Å². The first-order valence-corrected chi connectivity index (χ1v) is 18.5. The Balaban J connectivity index is 1.32. The normalized spacial score (nSPS) is 13.3. The number of benzene rings is 7. The number of anilines is 2. The summed E-state index contributed by atoms with van der Waals surface area (Å²) >= 11 is 0. The SMILES string of the molecule is CP(c1ccccc1Nc1ccccc1)c1ccccc1-c1cc(C#N)cc2c1-c1ccc(C#N)cc1C21c2ccccc2-c2ccccc21. The van der Waals surface area contributed by atoms with E-state index in [0.29, 0.717) is 11.1 Å². The van der Waals surface area contributed by atoms with Gasteiger partial charge in [0.2, 0.25) is 0 Å². The van der Waals surface area contributed by atoms with Gasteiger partial charge < -0.3 is 5.32 Å². The smallest absolute Gasteiger partial charge is 0.0991 e. The molecule has 0 amide bonds. The van der Waals surface area contributed by atoms with Gasteiger partial charge in [-0.3, -0.25) is 0 Å². The summed E-state index contributed by atoms with van der Waals surface area (Å²) in [4.78, 5) is 0. The van der Waals surface area contributed by atoms with Crippen molar-refractivity contribution >= 4 is 29.9 Å². The van der Waals surface area contributed by atoms with E-state index in [1.807, 2.05) is 24.3 Å². The lowest BCUT2D eigenvalue weighted by Crippen LogP contribution is -2.26. The van der Waals surface area contributed by atoms with E-state index >= 15 is 0 Å². The van der Waals surface area contributed by atoms with Gasteiger partial charge in [-0.25, -0.2) is 0 Å². The summed E-state index contributed by atoms with van der Waals surface area (Å²) < 4.78 is 0. The molecule has 9 rings (SSSR count). The molecule has 0 radical (unpaired) electrons. The van der Waals surface area contributed by atoms with E-state index in [2.05, 4.69) is 158 Å². The van der Waals surface area contributed by atoms with Crippen molar-refractivity contribution in [2.75, 3.05) is 12.0 Å². The summed E-state index contributed by atoms with van der Waals surface area (Å²) in [6.45, 7) is 2.33. The van der Waals surface area contributed by atoms with Crippen molar-refractivity contribution in [1.29, 1.82) is 10.5 Å². The Kier molecular flexibility index (Phi) is 7.00. The molecule has 7 aromatic rings. The van der Waals surface area contributed by atoms with Crippen molar-refractivity contribution in [2.24, 2.45) is 0 Å². The lowest BCUT2D eigenvalue weighted by molar-refractivity contribution is 0.793. The number of para-hydroxylation sites is 2. The van der Waals surface area contributed by atoms with Crippen molar-refractivity contribution in [1.82, 2.24) is 0 Å². The third-order valence-electron chi connectivity index (χ3n) is 10.3. The average molecular weight is 656 g/mol. The molecule has 2 aliphatic rings. The molecule has 0 heterocycles. The first kappa shape index (κ1) is 29.9. The maximum Gasteiger partial charge on any atom is 0.0991 e. The van der Waals surface area contributed by atoms with E-state index in [0.717, 1.165) is 44.8 Å². The van der Waals surface area contributed by atoms with Gasteiger partial charge in [-0.05, 0) is 118 Å². The van der Waals surface area contributed by atoms with Gasteiger partial charge >= 0.3 is 0 Å². The largest absolute Gasteiger partial charge is 0.355 e. The summed E-state index contributed by atoms with van der Waals surface area (Å²) in [5, 5.41) is 26.9. The van der Waals surface area contributed by atoms with E-state index in [4.69, 9.17) is 0 Å². The highest BCUT2D eigenvalue weighted by atomic mass is 31.1. The zero-order chi connectivity index (χ0) is 33.8. The van der Waals surface area contributed by atoms with Gasteiger partial charge in [0.25, 0.3) is 0 Å². The van der Waals surface area contributed by atoms with Crippen LogP contribution in [-0.4, -0.2) is 6.66 Å². The quantitative estimate of drug-likeness (QED) is 0.188. The fourth-order valence-corrected chi connectivity index (χ4v) is 10.2. The van der Waals surface area contributed by atoms with Crippen LogP contribution in [0.3, 0.4) is 0 Å². The van der Waals surface area contributed by atoms with Crippen LogP contribution in [-0.2, 0) is 5.41 Å². The van der Waals surface area contributed by atoms with Crippen LogP contribution in [0.2, 0.25) is 0 Å². The maximum absolute atomic E-state index is 10.6. The van der Waals surface area contributed by atoms with Crippen molar-refractivity contribution in [3.8, 4) is 45.5 Å². The van der Waals surface area contributed by atoms with Gasteiger partial charge in [-0.1, -0.05) is 115 Å². The van der Waals surface area contributed by atoms with Crippen molar-refractivity contribution in [3.05, 3.63) is 191 Å². The highest BCUT2D eigenvalue weighted by Gasteiger charge is 2.52. The van der Waals surface area contributed by atoms with Crippen molar-refractivity contribution in [2.45, 2.75) is 5.41 Å². The molecular formula is C46H30N3P. The monoisotopic (exact) mass is 655 g/mol. The molecule has 0 fully saturated rings. The van der Waals surface area contributed by atoms with Crippen LogP contribution in [0.5, 0.6) is 0 Å². The fourth-order valence-electron chi connectivity index (χ4n) is 8.28. The Morgan fingerprint density at radius 2 is 1.06 bits per heavy atom. The van der Waals surface area contributed by atoms with E-state index in [1.54, 1.807) is 0 Å². The molecular weight excluding hydrogens is 626 g/mol. The number of nitrogens with zero attached hydrogens (tertiary/aromatic N) is 2. The van der Waals surface area contributed by atoms with Gasteiger partial charge in [0.15, 0.2) is 0 Å². The highest BCUT2D eigenvalue weighted by Crippen LogP contribution is 2.64. The molecule has 7 aromatic carbocycles. The van der Waals surface area contributed by atoms with Crippen LogP contribution in [0, 0.1) is 22.7 Å². The highest BCUT2D eigenvalue weighted by molar-refractivity contribution is 7.72. The third-order valence-corrected chi connectivity index (χ3v) is 12.5. The summed E-state index contributed by atoms with van der Waals surface area (Å²) in [5.41, 5.74) is 14.0. The maximum atomic E-state index is 10.6. The standard InChI is InChI=1S/C46H30N3P/c1-50(44-22-12-10-20-42(44)49-32-13-3-2-4-14-32)43-21-11-7-17-35(43)37-25-31(29-48)27-41-45(37)36-24-23-30(28-47)26-40(36)46(41)38-18-8-5-15-33(38)34-16-6-9-19-39(34)46/h2-27,49H,1H3. The Hall–Kier alpha value is -6.25. The predicted molar refractivity (Wildman–Crippen MR) is 206 cm³/mol. The summed E-state index contributed by atoms with van der Waals surface area (Å²) in [6.07, 6.45) is 0. The molecule has 4 heteroatoms. The molecule has 0 aliphatic heterocycles. The molecule has 0 saturated carbocycles. The predicted octanol–water partition coefficient (Wildman–Crippen LogP) is 10.2. The van der Waals surface area contributed by atoms with Gasteiger partial charge in [0.1, 0.15) is 0 Å². The zero-order valence-electron chi connectivity index (χ0n) is 27.4. The molecule has 1 spiro atoms. The Morgan fingerprint density at radius 1 is 0.480 bits per heavy atom. The number of rotatable bonds is 5. The van der Waals surface area contributed by atoms with Gasteiger partial charge in [-0.2, -0.15) is 10.5 Å². The zero-order valence-corrected chi connectivity index (χ0v) is 28.2. The van der Waals surface area contributed by atoms with Crippen LogP contribution in [0.1, 0.15) is 33.4 Å². The average Bonchev–Trinajstić information content (AvgIpc) is 3.65. The van der Waals surface area contributed by atoms with Crippen molar-refractivity contribution < 1.29 is 0 Å². The minimum absolute atomic E-state index is 0.620. The molecule has 1 N–H and O–H groups in total. The number of nitrogens with one attached hydrogen (secondary N) is 1. The molecule has 0 bridgehead atoms. The molecule has 234 valence electrons. The van der Waals surface area contributed by atoms with Crippen LogP contribution in [0.15, 0.2) is 158 Å². The molecule has 0 aromatic heterocycles. The molecule has 3 nitrogen and oxygen atoms in total. The fraction of sp³-hybridized carbons (Fsp3) is 0.0435. The van der Waals surface area contributed by atoms with Crippen LogP contribution in [0.25, 0.3) is 33.4 Å². The van der Waals surface area contributed by atoms with Crippen LogP contribution in [0.4, 0.5) is 11.4 Å². The van der Waals surface area contributed by atoms with E-state index < -0.39 is 13.3 Å².